The molecule has 4 aromatic rings. The Hall–Kier alpha value is -3.31. The van der Waals surface area contributed by atoms with E-state index in [4.69, 9.17) is 10.1 Å². The minimum Gasteiger partial charge on any atom is -0.481 e. The summed E-state index contributed by atoms with van der Waals surface area (Å²) in [5.41, 5.74) is 4.03. The third-order valence-corrected chi connectivity index (χ3v) is 6.77. The molecule has 2 N–H and O–H groups in total. The van der Waals surface area contributed by atoms with Crippen LogP contribution in [-0.2, 0) is 11.3 Å². The summed E-state index contributed by atoms with van der Waals surface area (Å²) >= 11 is 3.76. The van der Waals surface area contributed by atoms with Gasteiger partial charge in [0.05, 0.1) is 18.7 Å². The van der Waals surface area contributed by atoms with Gasteiger partial charge in [0.2, 0.25) is 0 Å². The molecule has 0 aliphatic heterocycles. The Morgan fingerprint density at radius 2 is 1.69 bits per heavy atom. The van der Waals surface area contributed by atoms with Crippen molar-refractivity contribution < 1.29 is 19.1 Å². The number of thiazole rings is 1. The van der Waals surface area contributed by atoms with Gasteiger partial charge in [0, 0.05) is 32.3 Å². The number of anilines is 2. The van der Waals surface area contributed by atoms with Gasteiger partial charge in [-0.25, -0.2) is 9.37 Å². The highest BCUT2D eigenvalue weighted by Gasteiger charge is 2.16. The molecule has 6 nitrogen and oxygen atoms in total. The number of aromatic nitrogens is 1. The quantitative estimate of drug-likeness (QED) is 0.227. The van der Waals surface area contributed by atoms with E-state index in [1.165, 1.54) is 23.5 Å². The van der Waals surface area contributed by atoms with Crippen LogP contribution in [0.15, 0.2) is 78.2 Å². The third-order valence-electron chi connectivity index (χ3n) is 5.18. The second kappa shape index (κ2) is 11.4. The number of benzene rings is 3. The van der Waals surface area contributed by atoms with E-state index in [9.17, 15) is 14.0 Å². The predicted octanol–water partition coefficient (Wildman–Crippen LogP) is 6.10. The zero-order valence-corrected chi connectivity index (χ0v) is 21.4. The van der Waals surface area contributed by atoms with Gasteiger partial charge in [-0.1, -0.05) is 12.1 Å². The van der Waals surface area contributed by atoms with Crippen molar-refractivity contribution >= 4 is 56.6 Å². The molecule has 0 aliphatic rings. The molecule has 0 saturated carbocycles. The molecule has 9 heteroatoms. The second-order valence-corrected chi connectivity index (χ2v) is 9.76. The van der Waals surface area contributed by atoms with Crippen molar-refractivity contribution in [2.45, 2.75) is 13.0 Å². The van der Waals surface area contributed by atoms with Gasteiger partial charge >= 0.3 is 5.97 Å². The highest BCUT2D eigenvalue weighted by Crippen LogP contribution is 2.34. The second-order valence-electron chi connectivity index (χ2n) is 7.68. The van der Waals surface area contributed by atoms with Gasteiger partial charge < -0.3 is 15.3 Å². The van der Waals surface area contributed by atoms with Crippen LogP contribution in [0.3, 0.4) is 0 Å². The minimum absolute atomic E-state index is 0.0803. The number of aliphatic carboxylic acids is 1. The lowest BCUT2D eigenvalue weighted by Gasteiger charge is -2.22. The van der Waals surface area contributed by atoms with Crippen LogP contribution in [0.4, 0.5) is 15.2 Å². The lowest BCUT2D eigenvalue weighted by molar-refractivity contribution is -0.136. The Bertz CT molecular complexity index is 1310. The summed E-state index contributed by atoms with van der Waals surface area (Å²) in [6, 6.07) is 21.6. The van der Waals surface area contributed by atoms with Gasteiger partial charge in [-0.15, -0.1) is 11.3 Å². The largest absolute Gasteiger partial charge is 0.481 e. The number of rotatable bonds is 9. The fraction of sp³-hybridized carbons (Fsp3) is 0.115. The van der Waals surface area contributed by atoms with Gasteiger partial charge in [0.15, 0.2) is 5.13 Å². The molecular weight excluding hydrogens is 580 g/mol. The first-order chi connectivity index (χ1) is 16.9. The van der Waals surface area contributed by atoms with E-state index < -0.39 is 5.97 Å². The zero-order chi connectivity index (χ0) is 24.8. The molecule has 35 heavy (non-hydrogen) atoms. The summed E-state index contributed by atoms with van der Waals surface area (Å²) in [4.78, 5) is 29.8. The van der Waals surface area contributed by atoms with E-state index >= 15 is 0 Å². The number of carbonyl (C=O) groups is 2. The highest BCUT2D eigenvalue weighted by atomic mass is 127. The van der Waals surface area contributed by atoms with E-state index in [0.29, 0.717) is 12.1 Å². The fourth-order valence-electron chi connectivity index (χ4n) is 3.36. The van der Waals surface area contributed by atoms with Gasteiger partial charge in [0.1, 0.15) is 5.82 Å². The SMILES string of the molecule is O=C(O)CCNC(=O)c1ccc(CN(c2ccc(I)cc2)c2nc(-c3ccc(F)cc3)cs2)cc1. The number of nitrogens with zero attached hydrogens (tertiary/aromatic N) is 2. The highest BCUT2D eigenvalue weighted by molar-refractivity contribution is 14.1. The molecular formula is C26H21FIN3O3S. The molecule has 0 radical (unpaired) electrons. The predicted molar refractivity (Wildman–Crippen MR) is 144 cm³/mol. The number of hydrogen-bond donors (Lipinski definition) is 2. The number of amides is 1. The maximum atomic E-state index is 13.3. The lowest BCUT2D eigenvalue weighted by atomic mass is 10.1. The molecule has 178 valence electrons. The Morgan fingerprint density at radius 3 is 2.34 bits per heavy atom. The third kappa shape index (κ3) is 6.64. The number of carboxylic acids is 1. The number of carboxylic acid groups (broad SMARTS) is 1. The molecule has 0 aliphatic carbocycles. The van der Waals surface area contributed by atoms with Crippen molar-refractivity contribution in [2.75, 3.05) is 11.4 Å². The maximum Gasteiger partial charge on any atom is 0.305 e. The average Bonchev–Trinajstić information content (AvgIpc) is 3.34. The normalized spacial score (nSPS) is 10.7. The summed E-state index contributed by atoms with van der Waals surface area (Å²) in [6.07, 6.45) is -0.123. The van der Waals surface area contributed by atoms with Crippen LogP contribution in [0.5, 0.6) is 0 Å². The minimum atomic E-state index is -0.957. The topological polar surface area (TPSA) is 82.5 Å². The first kappa shape index (κ1) is 24.8. The molecule has 0 atom stereocenters. The number of nitrogens with one attached hydrogen (secondary N) is 1. The molecule has 1 heterocycles. The van der Waals surface area contributed by atoms with Crippen molar-refractivity contribution in [2.24, 2.45) is 0 Å². The summed E-state index contributed by atoms with van der Waals surface area (Å²) in [6.45, 7) is 0.606. The van der Waals surface area contributed by atoms with Crippen LogP contribution in [0.1, 0.15) is 22.3 Å². The first-order valence-corrected chi connectivity index (χ1v) is 12.7. The van der Waals surface area contributed by atoms with Crippen molar-refractivity contribution in [3.8, 4) is 11.3 Å². The van der Waals surface area contributed by atoms with Crippen molar-refractivity contribution in [3.05, 3.63) is 98.7 Å². The molecule has 0 fully saturated rings. The lowest BCUT2D eigenvalue weighted by Crippen LogP contribution is -2.26. The van der Waals surface area contributed by atoms with Crippen LogP contribution in [0, 0.1) is 9.39 Å². The Morgan fingerprint density at radius 1 is 1.00 bits per heavy atom. The van der Waals surface area contributed by atoms with Crippen molar-refractivity contribution in [1.29, 1.82) is 0 Å². The molecule has 0 unspecified atom stereocenters. The van der Waals surface area contributed by atoms with Gasteiger partial charge in [-0.3, -0.25) is 9.59 Å². The molecule has 0 saturated heterocycles. The van der Waals surface area contributed by atoms with E-state index in [-0.39, 0.29) is 24.7 Å². The summed E-state index contributed by atoms with van der Waals surface area (Å²) in [7, 11) is 0. The summed E-state index contributed by atoms with van der Waals surface area (Å²) < 4.78 is 14.4. The van der Waals surface area contributed by atoms with Crippen molar-refractivity contribution in [1.82, 2.24) is 10.3 Å². The average molecular weight is 601 g/mol. The zero-order valence-electron chi connectivity index (χ0n) is 18.4. The molecule has 0 bridgehead atoms. The van der Waals surface area contributed by atoms with E-state index in [1.807, 2.05) is 41.8 Å². The maximum absolute atomic E-state index is 13.3. The number of carbonyl (C=O) groups excluding carboxylic acids is 1. The molecule has 0 spiro atoms. The summed E-state index contributed by atoms with van der Waals surface area (Å²) in [5.74, 6) is -1.55. The van der Waals surface area contributed by atoms with E-state index in [1.54, 1.807) is 24.3 Å². The van der Waals surface area contributed by atoms with Crippen molar-refractivity contribution in [3.63, 3.8) is 0 Å². The molecule has 1 amide bonds. The van der Waals surface area contributed by atoms with Crippen LogP contribution >= 0.6 is 33.9 Å². The Kier molecular flexibility index (Phi) is 8.09. The van der Waals surface area contributed by atoms with E-state index in [0.717, 1.165) is 31.2 Å². The monoisotopic (exact) mass is 601 g/mol. The van der Waals surface area contributed by atoms with Crippen LogP contribution in [0.2, 0.25) is 0 Å². The molecule has 4 rings (SSSR count). The smallest absolute Gasteiger partial charge is 0.305 e. The van der Waals surface area contributed by atoms with Crippen LogP contribution < -0.4 is 10.2 Å². The van der Waals surface area contributed by atoms with Crippen LogP contribution in [-0.4, -0.2) is 28.5 Å². The standard InChI is InChI=1S/C26H21FIN3O3S/c27-20-7-5-18(6-8-20)23-16-35-26(30-23)31(22-11-9-21(28)10-12-22)15-17-1-3-19(4-2-17)25(34)29-14-13-24(32)33/h1-12,16H,13-15H2,(H,29,34)(H,32,33). The Balaban J connectivity index is 1.55. The number of hydrogen-bond acceptors (Lipinski definition) is 5. The fourth-order valence-corrected chi connectivity index (χ4v) is 4.57. The Labute approximate surface area is 219 Å². The number of halogens is 2. The van der Waals surface area contributed by atoms with E-state index in [2.05, 4.69) is 32.8 Å². The van der Waals surface area contributed by atoms with Gasteiger partial charge in [0.25, 0.3) is 5.91 Å². The van der Waals surface area contributed by atoms with Gasteiger partial charge in [-0.05, 0) is 88.8 Å². The summed E-state index contributed by atoms with van der Waals surface area (Å²) in [5, 5.41) is 14.1. The van der Waals surface area contributed by atoms with Crippen LogP contribution in [0.25, 0.3) is 11.3 Å². The molecule has 3 aromatic carbocycles. The first-order valence-electron chi connectivity index (χ1n) is 10.7. The molecule has 1 aromatic heterocycles. The van der Waals surface area contributed by atoms with Gasteiger partial charge in [-0.2, -0.15) is 0 Å².